The van der Waals surface area contributed by atoms with Crippen molar-refractivity contribution in [2.75, 3.05) is 6.54 Å². The van der Waals surface area contributed by atoms with Gasteiger partial charge in [0.15, 0.2) is 0 Å². The van der Waals surface area contributed by atoms with E-state index in [2.05, 4.69) is 10.3 Å². The number of amides is 1. The van der Waals surface area contributed by atoms with Crippen molar-refractivity contribution in [2.24, 2.45) is 0 Å². The van der Waals surface area contributed by atoms with E-state index in [4.69, 9.17) is 5.11 Å². The number of pyridine rings is 1. The highest BCUT2D eigenvalue weighted by molar-refractivity contribution is 5.93. The van der Waals surface area contributed by atoms with Crippen molar-refractivity contribution in [3.8, 4) is 0 Å². The molecule has 0 aliphatic heterocycles. The zero-order valence-corrected chi connectivity index (χ0v) is 8.70. The lowest BCUT2D eigenvalue weighted by atomic mass is 10.2. The summed E-state index contributed by atoms with van der Waals surface area (Å²) < 4.78 is 0. The molecule has 0 saturated carbocycles. The summed E-state index contributed by atoms with van der Waals surface area (Å²) in [5, 5.41) is 11.4. The van der Waals surface area contributed by atoms with Crippen LogP contribution in [0.25, 0.3) is 0 Å². The second-order valence-electron chi connectivity index (χ2n) is 3.44. The van der Waals surface area contributed by atoms with Crippen LogP contribution in [0.1, 0.15) is 23.0 Å². The minimum atomic E-state index is -0.626. The molecule has 0 saturated heterocycles. The van der Waals surface area contributed by atoms with E-state index in [1.165, 1.54) is 6.07 Å². The van der Waals surface area contributed by atoms with Crippen molar-refractivity contribution in [1.29, 1.82) is 0 Å². The highest BCUT2D eigenvalue weighted by atomic mass is 16.3. The van der Waals surface area contributed by atoms with E-state index in [0.717, 1.165) is 0 Å². The Bertz CT molecular complexity index is 409. The quantitative estimate of drug-likeness (QED) is 0.645. The lowest BCUT2D eigenvalue weighted by Crippen LogP contribution is -2.34. The number of rotatable bonds is 3. The second-order valence-corrected chi connectivity index (χ2v) is 3.44. The van der Waals surface area contributed by atoms with Crippen molar-refractivity contribution < 1.29 is 9.90 Å². The molecule has 0 spiro atoms. The molecule has 0 bridgehead atoms. The van der Waals surface area contributed by atoms with Crippen LogP contribution in [0.3, 0.4) is 0 Å². The van der Waals surface area contributed by atoms with Gasteiger partial charge in [-0.15, -0.1) is 0 Å². The Kier molecular flexibility index (Phi) is 3.62. The maximum atomic E-state index is 11.4. The first kappa shape index (κ1) is 11.5. The van der Waals surface area contributed by atoms with Crippen LogP contribution in [0, 0.1) is 6.92 Å². The van der Waals surface area contributed by atoms with Crippen LogP contribution in [-0.2, 0) is 0 Å². The van der Waals surface area contributed by atoms with Crippen LogP contribution < -0.4 is 10.9 Å². The van der Waals surface area contributed by atoms with Gasteiger partial charge in [0, 0.05) is 12.2 Å². The Balaban J connectivity index is 2.79. The first-order chi connectivity index (χ1) is 7.00. The highest BCUT2D eigenvalue weighted by Crippen LogP contribution is 1.93. The number of nitrogens with one attached hydrogen (secondary N) is 2. The van der Waals surface area contributed by atoms with Gasteiger partial charge in [-0.05, 0) is 26.0 Å². The van der Waals surface area contributed by atoms with E-state index in [1.54, 1.807) is 19.9 Å². The summed E-state index contributed by atoms with van der Waals surface area (Å²) in [5.74, 6) is -0.475. The topological polar surface area (TPSA) is 82.2 Å². The summed E-state index contributed by atoms with van der Waals surface area (Å²) in [6, 6.07) is 3.12. The fraction of sp³-hybridized carbons (Fsp3) is 0.400. The van der Waals surface area contributed by atoms with Gasteiger partial charge in [0.25, 0.3) is 11.5 Å². The molecule has 1 aromatic heterocycles. The van der Waals surface area contributed by atoms with Gasteiger partial charge in [-0.1, -0.05) is 0 Å². The molecule has 1 atom stereocenters. The number of hydrogen-bond acceptors (Lipinski definition) is 3. The summed E-state index contributed by atoms with van der Waals surface area (Å²) in [4.78, 5) is 25.3. The predicted molar refractivity (Wildman–Crippen MR) is 55.8 cm³/mol. The molecule has 82 valence electrons. The molecule has 0 aromatic carbocycles. The van der Waals surface area contributed by atoms with Gasteiger partial charge >= 0.3 is 0 Å². The van der Waals surface area contributed by atoms with Crippen LogP contribution in [0.4, 0.5) is 0 Å². The largest absolute Gasteiger partial charge is 0.392 e. The molecular formula is C10H14N2O3. The smallest absolute Gasteiger partial charge is 0.260 e. The predicted octanol–water partition coefficient (Wildman–Crippen LogP) is -0.206. The van der Waals surface area contributed by atoms with Crippen LogP contribution in [0.2, 0.25) is 0 Å². The van der Waals surface area contributed by atoms with E-state index in [1.807, 2.05) is 0 Å². The van der Waals surface area contributed by atoms with Gasteiger partial charge in [-0.25, -0.2) is 0 Å². The number of carbonyl (C=O) groups is 1. The summed E-state index contributed by atoms with van der Waals surface area (Å²) in [5.41, 5.74) is 0.339. The molecule has 0 aliphatic carbocycles. The Hall–Kier alpha value is -1.62. The zero-order chi connectivity index (χ0) is 11.4. The number of H-pyrrole nitrogens is 1. The number of aromatic nitrogens is 1. The Morgan fingerprint density at radius 3 is 2.80 bits per heavy atom. The summed E-state index contributed by atoms with van der Waals surface area (Å²) in [6.07, 6.45) is -0.626. The zero-order valence-electron chi connectivity index (χ0n) is 8.70. The number of aryl methyl sites for hydroxylation is 1. The molecule has 1 aromatic rings. The van der Waals surface area contributed by atoms with Gasteiger partial charge in [0.1, 0.15) is 5.56 Å². The maximum Gasteiger partial charge on any atom is 0.260 e. The maximum absolute atomic E-state index is 11.4. The standard InChI is InChI=1S/C10H14N2O3/c1-6-3-4-8(10(15)12-6)9(14)11-5-7(2)13/h3-4,7,13H,5H2,1-2H3,(H,11,14)(H,12,15)/t7-/m0/s1. The monoisotopic (exact) mass is 210 g/mol. The molecule has 5 nitrogen and oxygen atoms in total. The van der Waals surface area contributed by atoms with Crippen LogP contribution >= 0.6 is 0 Å². The molecule has 3 N–H and O–H groups in total. The summed E-state index contributed by atoms with van der Waals surface area (Å²) in [6.45, 7) is 3.42. The van der Waals surface area contributed by atoms with Crippen LogP contribution in [0.5, 0.6) is 0 Å². The molecule has 0 fully saturated rings. The van der Waals surface area contributed by atoms with Crippen molar-refractivity contribution in [3.05, 3.63) is 33.7 Å². The normalized spacial score (nSPS) is 12.2. The third-order valence-electron chi connectivity index (χ3n) is 1.86. The van der Waals surface area contributed by atoms with Gasteiger partial charge in [0.05, 0.1) is 6.10 Å². The van der Waals surface area contributed by atoms with Crippen LogP contribution in [-0.4, -0.2) is 28.6 Å². The second kappa shape index (κ2) is 4.75. The van der Waals surface area contributed by atoms with Gasteiger partial charge < -0.3 is 15.4 Å². The molecule has 0 unspecified atom stereocenters. The number of aliphatic hydroxyl groups is 1. The van der Waals surface area contributed by atoms with Gasteiger partial charge in [-0.2, -0.15) is 0 Å². The minimum absolute atomic E-state index is 0.0567. The summed E-state index contributed by atoms with van der Waals surface area (Å²) >= 11 is 0. The Morgan fingerprint density at radius 2 is 2.27 bits per heavy atom. The molecule has 1 heterocycles. The average molecular weight is 210 g/mol. The molecule has 0 radical (unpaired) electrons. The lowest BCUT2D eigenvalue weighted by molar-refractivity contribution is 0.0922. The minimum Gasteiger partial charge on any atom is -0.392 e. The third-order valence-corrected chi connectivity index (χ3v) is 1.86. The highest BCUT2D eigenvalue weighted by Gasteiger charge is 2.10. The molecule has 15 heavy (non-hydrogen) atoms. The van der Waals surface area contributed by atoms with E-state index in [9.17, 15) is 9.59 Å². The first-order valence-electron chi connectivity index (χ1n) is 4.67. The molecule has 0 aliphatic rings. The SMILES string of the molecule is Cc1ccc(C(=O)NC[C@H](C)O)c(=O)[nH]1. The van der Waals surface area contributed by atoms with Crippen molar-refractivity contribution in [1.82, 2.24) is 10.3 Å². The number of aromatic amines is 1. The van der Waals surface area contributed by atoms with Crippen molar-refractivity contribution >= 4 is 5.91 Å². The van der Waals surface area contributed by atoms with Crippen molar-refractivity contribution in [3.63, 3.8) is 0 Å². The van der Waals surface area contributed by atoms with E-state index in [0.29, 0.717) is 5.69 Å². The van der Waals surface area contributed by atoms with E-state index < -0.39 is 17.6 Å². The number of aliphatic hydroxyl groups excluding tert-OH is 1. The lowest BCUT2D eigenvalue weighted by Gasteiger charge is -2.06. The summed E-state index contributed by atoms with van der Waals surface area (Å²) in [7, 11) is 0. The van der Waals surface area contributed by atoms with E-state index >= 15 is 0 Å². The van der Waals surface area contributed by atoms with Gasteiger partial charge in [0.2, 0.25) is 0 Å². The fourth-order valence-electron chi connectivity index (χ4n) is 1.09. The molecule has 5 heteroatoms. The van der Waals surface area contributed by atoms with E-state index in [-0.39, 0.29) is 12.1 Å². The molecule has 1 amide bonds. The molecular weight excluding hydrogens is 196 g/mol. The third kappa shape index (κ3) is 3.21. The number of hydrogen-bond donors (Lipinski definition) is 3. The van der Waals surface area contributed by atoms with Crippen LogP contribution in [0.15, 0.2) is 16.9 Å². The van der Waals surface area contributed by atoms with Gasteiger partial charge in [-0.3, -0.25) is 9.59 Å². The first-order valence-corrected chi connectivity index (χ1v) is 4.67. The average Bonchev–Trinajstić information content (AvgIpc) is 2.14. The fourth-order valence-corrected chi connectivity index (χ4v) is 1.09. The Morgan fingerprint density at radius 1 is 1.60 bits per heavy atom. The van der Waals surface area contributed by atoms with Crippen molar-refractivity contribution in [2.45, 2.75) is 20.0 Å². The molecule has 1 rings (SSSR count). The Labute approximate surface area is 87.1 Å². The number of carbonyl (C=O) groups excluding carboxylic acids is 1.